The van der Waals surface area contributed by atoms with Crippen LogP contribution in [0.3, 0.4) is 0 Å². The molecule has 1 unspecified atom stereocenters. The van der Waals surface area contributed by atoms with E-state index in [9.17, 15) is 14.9 Å². The molecule has 2 aromatic rings. The number of anilines is 1. The molecular weight excluding hydrogens is 350 g/mol. The first-order chi connectivity index (χ1) is 12.5. The summed E-state index contributed by atoms with van der Waals surface area (Å²) >= 11 is 1.59. The highest BCUT2D eigenvalue weighted by Gasteiger charge is 2.25. The number of hydrogen-bond donors (Lipinski definition) is 0. The zero-order valence-electron chi connectivity index (χ0n) is 15.1. The molecular formula is C19H23N3O3S. The summed E-state index contributed by atoms with van der Waals surface area (Å²) in [6.45, 7) is 3.60. The van der Waals surface area contributed by atoms with Crippen molar-refractivity contribution in [1.82, 2.24) is 4.90 Å². The molecule has 1 aromatic heterocycles. The lowest BCUT2D eigenvalue weighted by atomic mass is 10.1. The second kappa shape index (κ2) is 7.86. The number of nitrogens with zero attached hydrogens (tertiary/aromatic N) is 3. The molecule has 0 aliphatic carbocycles. The van der Waals surface area contributed by atoms with E-state index in [1.54, 1.807) is 35.4 Å². The van der Waals surface area contributed by atoms with E-state index < -0.39 is 0 Å². The van der Waals surface area contributed by atoms with Crippen molar-refractivity contribution in [2.45, 2.75) is 32.2 Å². The number of carbonyl (C=O) groups excluding carboxylic acids is 1. The van der Waals surface area contributed by atoms with Crippen LogP contribution in [0.2, 0.25) is 0 Å². The SMILES string of the molecule is CC(c1cccs1)N(C)C(=O)c1ccc(N2CCCCC2)c([N+](=O)[O-])c1. The van der Waals surface area contributed by atoms with Gasteiger partial charge in [0.15, 0.2) is 0 Å². The second-order valence-electron chi connectivity index (χ2n) is 6.62. The molecule has 1 amide bonds. The first-order valence-electron chi connectivity index (χ1n) is 8.83. The molecule has 3 rings (SSSR count). The average molecular weight is 373 g/mol. The summed E-state index contributed by atoms with van der Waals surface area (Å²) in [7, 11) is 1.73. The zero-order chi connectivity index (χ0) is 18.7. The molecule has 1 fully saturated rings. The van der Waals surface area contributed by atoms with Crippen LogP contribution in [0.5, 0.6) is 0 Å². The fourth-order valence-corrected chi connectivity index (χ4v) is 4.13. The van der Waals surface area contributed by atoms with Crippen LogP contribution in [0.15, 0.2) is 35.7 Å². The standard InChI is InChI=1S/C19H23N3O3S/c1-14(18-7-6-12-26-18)20(2)19(23)15-8-9-16(17(13-15)22(24)25)21-10-4-3-5-11-21/h6-9,12-14H,3-5,10-11H2,1-2H3. The van der Waals surface area contributed by atoms with E-state index in [1.807, 2.05) is 29.3 Å². The summed E-state index contributed by atoms with van der Waals surface area (Å²) in [6, 6.07) is 8.71. The van der Waals surface area contributed by atoms with Gasteiger partial charge in [0.25, 0.3) is 11.6 Å². The van der Waals surface area contributed by atoms with Crippen LogP contribution in [-0.2, 0) is 0 Å². The Labute approximate surface area is 157 Å². The lowest BCUT2D eigenvalue weighted by molar-refractivity contribution is -0.384. The number of nitro benzene ring substituents is 1. The monoisotopic (exact) mass is 373 g/mol. The molecule has 7 heteroatoms. The summed E-state index contributed by atoms with van der Waals surface area (Å²) in [4.78, 5) is 28.8. The minimum atomic E-state index is -0.385. The van der Waals surface area contributed by atoms with Gasteiger partial charge in [0.2, 0.25) is 0 Å². The Balaban J connectivity index is 1.86. The van der Waals surface area contributed by atoms with Crippen LogP contribution in [0, 0.1) is 10.1 Å². The van der Waals surface area contributed by atoms with E-state index in [2.05, 4.69) is 0 Å². The van der Waals surface area contributed by atoms with Crippen molar-refractivity contribution in [1.29, 1.82) is 0 Å². The van der Waals surface area contributed by atoms with E-state index in [1.165, 1.54) is 6.07 Å². The first-order valence-corrected chi connectivity index (χ1v) is 9.71. The van der Waals surface area contributed by atoms with Crippen LogP contribution < -0.4 is 4.90 Å². The Morgan fingerprint density at radius 1 is 1.27 bits per heavy atom. The number of amides is 1. The molecule has 1 aliphatic heterocycles. The third-order valence-corrected chi connectivity index (χ3v) is 6.01. The van der Waals surface area contributed by atoms with Gasteiger partial charge in [-0.3, -0.25) is 14.9 Å². The van der Waals surface area contributed by atoms with E-state index in [0.717, 1.165) is 37.2 Å². The molecule has 0 bridgehead atoms. The molecule has 1 saturated heterocycles. The normalized spacial score (nSPS) is 15.5. The zero-order valence-corrected chi connectivity index (χ0v) is 15.9. The third-order valence-electron chi connectivity index (χ3n) is 4.97. The van der Waals surface area contributed by atoms with Gasteiger partial charge in [-0.25, -0.2) is 0 Å². The highest BCUT2D eigenvalue weighted by atomic mass is 32.1. The molecule has 0 radical (unpaired) electrons. The summed E-state index contributed by atoms with van der Waals surface area (Å²) in [5.74, 6) is -0.209. The van der Waals surface area contributed by atoms with Crippen molar-refractivity contribution in [3.05, 3.63) is 56.3 Å². The van der Waals surface area contributed by atoms with E-state index in [0.29, 0.717) is 11.3 Å². The van der Waals surface area contributed by atoms with Crippen LogP contribution in [0.4, 0.5) is 11.4 Å². The quantitative estimate of drug-likeness (QED) is 0.572. The maximum Gasteiger partial charge on any atom is 0.293 e. The Morgan fingerprint density at radius 3 is 2.62 bits per heavy atom. The summed E-state index contributed by atoms with van der Waals surface area (Å²) in [6.07, 6.45) is 3.24. The molecule has 6 nitrogen and oxygen atoms in total. The van der Waals surface area contributed by atoms with Crippen LogP contribution >= 0.6 is 11.3 Å². The van der Waals surface area contributed by atoms with Crippen molar-refractivity contribution in [3.8, 4) is 0 Å². The predicted molar refractivity (Wildman–Crippen MR) is 104 cm³/mol. The summed E-state index contributed by atoms with van der Waals surface area (Å²) in [5, 5.41) is 13.6. The van der Waals surface area contributed by atoms with Crippen molar-refractivity contribution >= 4 is 28.6 Å². The molecule has 2 heterocycles. The maximum atomic E-state index is 12.8. The van der Waals surface area contributed by atoms with Gasteiger partial charge in [0, 0.05) is 36.6 Å². The van der Waals surface area contributed by atoms with Gasteiger partial charge in [-0.15, -0.1) is 11.3 Å². The average Bonchev–Trinajstić information content (AvgIpc) is 3.21. The largest absolute Gasteiger partial charge is 0.366 e. The molecule has 138 valence electrons. The van der Waals surface area contributed by atoms with Gasteiger partial charge < -0.3 is 9.80 Å². The van der Waals surface area contributed by atoms with Gasteiger partial charge >= 0.3 is 0 Å². The second-order valence-corrected chi connectivity index (χ2v) is 7.60. The van der Waals surface area contributed by atoms with Crippen LogP contribution in [0.25, 0.3) is 0 Å². The number of thiophene rings is 1. The minimum absolute atomic E-state index is 0.00919. The molecule has 0 spiro atoms. The number of benzene rings is 1. The summed E-state index contributed by atoms with van der Waals surface area (Å²) < 4.78 is 0. The lowest BCUT2D eigenvalue weighted by Gasteiger charge is -2.29. The maximum absolute atomic E-state index is 12.8. The van der Waals surface area contributed by atoms with Crippen LogP contribution in [-0.4, -0.2) is 35.9 Å². The lowest BCUT2D eigenvalue weighted by Crippen LogP contribution is -2.31. The number of rotatable bonds is 5. The van der Waals surface area contributed by atoms with Gasteiger partial charge in [-0.1, -0.05) is 6.07 Å². The Morgan fingerprint density at radius 2 is 2.00 bits per heavy atom. The molecule has 1 aromatic carbocycles. The molecule has 0 N–H and O–H groups in total. The fourth-order valence-electron chi connectivity index (χ4n) is 3.30. The number of carbonyl (C=O) groups is 1. The third kappa shape index (κ3) is 3.72. The number of piperidine rings is 1. The van der Waals surface area contributed by atoms with Gasteiger partial charge in [-0.05, 0) is 49.8 Å². The van der Waals surface area contributed by atoms with Gasteiger partial charge in [0.05, 0.1) is 11.0 Å². The van der Waals surface area contributed by atoms with E-state index >= 15 is 0 Å². The molecule has 0 saturated carbocycles. The number of nitro groups is 1. The highest BCUT2D eigenvalue weighted by Crippen LogP contribution is 2.32. The van der Waals surface area contributed by atoms with Crippen LogP contribution in [0.1, 0.15) is 47.5 Å². The number of hydrogen-bond acceptors (Lipinski definition) is 5. The van der Waals surface area contributed by atoms with Crippen molar-refractivity contribution in [3.63, 3.8) is 0 Å². The topological polar surface area (TPSA) is 66.7 Å². The van der Waals surface area contributed by atoms with Gasteiger partial charge in [-0.2, -0.15) is 0 Å². The van der Waals surface area contributed by atoms with Crippen molar-refractivity contribution in [2.24, 2.45) is 0 Å². The molecule has 1 atom stereocenters. The van der Waals surface area contributed by atoms with Crippen molar-refractivity contribution in [2.75, 3.05) is 25.0 Å². The van der Waals surface area contributed by atoms with Crippen molar-refractivity contribution < 1.29 is 9.72 Å². The van der Waals surface area contributed by atoms with E-state index in [-0.39, 0.29) is 22.6 Å². The molecule has 1 aliphatic rings. The highest BCUT2D eigenvalue weighted by molar-refractivity contribution is 7.10. The minimum Gasteiger partial charge on any atom is -0.366 e. The smallest absolute Gasteiger partial charge is 0.293 e. The fraction of sp³-hybridized carbons (Fsp3) is 0.421. The predicted octanol–water partition coefficient (Wildman–Crippen LogP) is 4.48. The Kier molecular flexibility index (Phi) is 5.56. The van der Waals surface area contributed by atoms with E-state index in [4.69, 9.17) is 0 Å². The summed E-state index contributed by atoms with van der Waals surface area (Å²) in [5.41, 5.74) is 0.971. The Hall–Kier alpha value is -2.41. The first kappa shape index (κ1) is 18.4. The Bertz CT molecular complexity index is 785. The molecule has 26 heavy (non-hydrogen) atoms. The van der Waals surface area contributed by atoms with Gasteiger partial charge in [0.1, 0.15) is 5.69 Å².